The van der Waals surface area contributed by atoms with Crippen molar-refractivity contribution < 1.29 is 13.3 Å². The Labute approximate surface area is 137 Å². The summed E-state index contributed by atoms with van der Waals surface area (Å²) in [5.41, 5.74) is 1.44. The Kier molecular flexibility index (Phi) is 4.97. The summed E-state index contributed by atoms with van der Waals surface area (Å²) in [7, 11) is -3.33. The van der Waals surface area contributed by atoms with Crippen LogP contribution in [0.1, 0.15) is 5.56 Å². The first-order valence-electron chi connectivity index (χ1n) is 6.31. The number of halogens is 1. The van der Waals surface area contributed by atoms with Crippen LogP contribution >= 0.6 is 11.6 Å². The zero-order valence-electron chi connectivity index (χ0n) is 11.9. The van der Waals surface area contributed by atoms with Gasteiger partial charge in [0.1, 0.15) is 5.17 Å². The molecule has 0 bridgehead atoms. The smallest absolute Gasteiger partial charge is 0.269 e. The van der Waals surface area contributed by atoms with Crippen molar-refractivity contribution in [2.75, 3.05) is 11.0 Å². The first kappa shape index (κ1) is 16.9. The van der Waals surface area contributed by atoms with Gasteiger partial charge in [0.2, 0.25) is 10.0 Å². The molecule has 0 spiro atoms. The van der Waals surface area contributed by atoms with Crippen LogP contribution in [-0.4, -0.2) is 24.8 Å². The molecule has 0 aliphatic heterocycles. The highest BCUT2D eigenvalue weighted by Crippen LogP contribution is 2.20. The second kappa shape index (κ2) is 6.76. The number of hydrogen-bond donors (Lipinski definition) is 1. The highest BCUT2D eigenvalue weighted by atomic mass is 35.5. The van der Waals surface area contributed by atoms with E-state index < -0.39 is 14.9 Å². The van der Waals surface area contributed by atoms with Gasteiger partial charge in [-0.1, -0.05) is 11.6 Å². The Morgan fingerprint density at radius 2 is 1.70 bits per heavy atom. The molecule has 0 saturated heterocycles. The molecule has 0 saturated carbocycles. The van der Waals surface area contributed by atoms with Crippen LogP contribution in [0.3, 0.4) is 0 Å². The lowest BCUT2D eigenvalue weighted by molar-refractivity contribution is -0.384. The van der Waals surface area contributed by atoms with Crippen molar-refractivity contribution in [3.05, 3.63) is 64.2 Å². The minimum absolute atomic E-state index is 0.0329. The van der Waals surface area contributed by atoms with Crippen LogP contribution < -0.4 is 4.72 Å². The van der Waals surface area contributed by atoms with Crippen LogP contribution in [0.2, 0.25) is 0 Å². The van der Waals surface area contributed by atoms with Crippen LogP contribution in [0.15, 0.2) is 53.5 Å². The zero-order chi connectivity index (χ0) is 17.0. The molecule has 2 rings (SSSR count). The summed E-state index contributed by atoms with van der Waals surface area (Å²) in [5.74, 6) is 0. The number of nitrogens with zero attached hydrogens (tertiary/aromatic N) is 2. The molecule has 2 aromatic carbocycles. The van der Waals surface area contributed by atoms with Crippen molar-refractivity contribution in [3.8, 4) is 0 Å². The first-order valence-corrected chi connectivity index (χ1v) is 8.58. The fraction of sp³-hybridized carbons (Fsp3) is 0.0714. The number of aliphatic imine (C=N–C) groups is 1. The number of hydrogen-bond acceptors (Lipinski definition) is 5. The summed E-state index contributed by atoms with van der Waals surface area (Å²) in [5, 5.41) is 10.8. The number of rotatable bonds is 5. The molecular weight excluding hydrogens is 342 g/mol. The van der Waals surface area contributed by atoms with Gasteiger partial charge in [0, 0.05) is 23.4 Å². The Morgan fingerprint density at radius 1 is 1.13 bits per heavy atom. The molecule has 0 unspecified atom stereocenters. The summed E-state index contributed by atoms with van der Waals surface area (Å²) in [4.78, 5) is 14.3. The Balaban J connectivity index is 2.18. The topological polar surface area (TPSA) is 102 Å². The van der Waals surface area contributed by atoms with Gasteiger partial charge >= 0.3 is 0 Å². The van der Waals surface area contributed by atoms with Crippen molar-refractivity contribution in [1.29, 1.82) is 0 Å². The number of anilines is 1. The van der Waals surface area contributed by atoms with Crippen molar-refractivity contribution in [2.24, 2.45) is 4.99 Å². The number of nitrogens with one attached hydrogen (secondary N) is 1. The predicted octanol–water partition coefficient (Wildman–Crippen LogP) is 3.28. The Bertz CT molecular complexity index is 847. The molecule has 0 atom stereocenters. The van der Waals surface area contributed by atoms with E-state index in [9.17, 15) is 18.5 Å². The number of sulfonamides is 1. The van der Waals surface area contributed by atoms with E-state index in [0.717, 1.165) is 6.26 Å². The molecule has 0 aliphatic carbocycles. The fourth-order valence-electron chi connectivity index (χ4n) is 1.72. The molecule has 7 nitrogen and oxygen atoms in total. The van der Waals surface area contributed by atoms with Crippen LogP contribution in [0, 0.1) is 10.1 Å². The Morgan fingerprint density at radius 3 is 2.17 bits per heavy atom. The van der Waals surface area contributed by atoms with Gasteiger partial charge in [0.15, 0.2) is 0 Å². The molecule has 9 heteroatoms. The summed E-state index contributed by atoms with van der Waals surface area (Å²) < 4.78 is 24.6. The maximum Gasteiger partial charge on any atom is 0.269 e. The van der Waals surface area contributed by atoms with Gasteiger partial charge in [0.05, 0.1) is 16.9 Å². The van der Waals surface area contributed by atoms with E-state index in [4.69, 9.17) is 11.6 Å². The molecule has 1 N–H and O–H groups in total. The van der Waals surface area contributed by atoms with Gasteiger partial charge in [-0.25, -0.2) is 13.4 Å². The lowest BCUT2D eigenvalue weighted by Crippen LogP contribution is -2.09. The third-order valence-corrected chi connectivity index (χ3v) is 3.62. The number of nitro benzene ring substituents is 1. The normalized spacial score (nSPS) is 12.0. The van der Waals surface area contributed by atoms with E-state index in [1.807, 2.05) is 0 Å². The maximum atomic E-state index is 11.1. The Hall–Kier alpha value is -2.45. The SMILES string of the molecule is CS(=O)(=O)Nc1ccc(N=C(Cl)c2ccc([N+](=O)[O-])cc2)cc1. The molecule has 0 heterocycles. The molecule has 0 radical (unpaired) electrons. The second-order valence-electron chi connectivity index (χ2n) is 4.63. The zero-order valence-corrected chi connectivity index (χ0v) is 13.5. The molecule has 0 aromatic heterocycles. The summed E-state index contributed by atoms with van der Waals surface area (Å²) in [6.07, 6.45) is 1.06. The van der Waals surface area contributed by atoms with Gasteiger partial charge in [-0.2, -0.15) is 0 Å². The van der Waals surface area contributed by atoms with Gasteiger partial charge in [-0.15, -0.1) is 0 Å². The highest BCUT2D eigenvalue weighted by Gasteiger charge is 2.07. The lowest BCUT2D eigenvalue weighted by atomic mass is 10.2. The van der Waals surface area contributed by atoms with Gasteiger partial charge in [0.25, 0.3) is 5.69 Å². The fourth-order valence-corrected chi connectivity index (χ4v) is 2.50. The second-order valence-corrected chi connectivity index (χ2v) is 6.73. The standard InChI is InChI=1S/C14H12ClN3O4S/c1-23(21,22)17-12-6-4-11(5-7-12)16-14(15)10-2-8-13(9-3-10)18(19)20/h2-9,17H,1H3. The van der Waals surface area contributed by atoms with E-state index in [2.05, 4.69) is 9.71 Å². The minimum atomic E-state index is -3.33. The third kappa shape index (κ3) is 5.04. The van der Waals surface area contributed by atoms with Crippen LogP contribution in [0.4, 0.5) is 17.1 Å². The molecule has 23 heavy (non-hydrogen) atoms. The number of non-ortho nitro benzene ring substituents is 1. The largest absolute Gasteiger partial charge is 0.284 e. The lowest BCUT2D eigenvalue weighted by Gasteiger charge is -2.04. The highest BCUT2D eigenvalue weighted by molar-refractivity contribution is 7.92. The molecule has 0 fully saturated rings. The van der Waals surface area contributed by atoms with E-state index in [1.54, 1.807) is 24.3 Å². The molecule has 2 aromatic rings. The van der Waals surface area contributed by atoms with E-state index >= 15 is 0 Å². The van der Waals surface area contributed by atoms with Crippen molar-refractivity contribution in [1.82, 2.24) is 0 Å². The number of nitro groups is 1. The summed E-state index contributed by atoms with van der Waals surface area (Å²) in [6.45, 7) is 0. The minimum Gasteiger partial charge on any atom is -0.284 e. The monoisotopic (exact) mass is 353 g/mol. The van der Waals surface area contributed by atoms with Crippen LogP contribution in [0.25, 0.3) is 0 Å². The van der Waals surface area contributed by atoms with E-state index in [1.165, 1.54) is 24.3 Å². The van der Waals surface area contributed by atoms with Crippen molar-refractivity contribution >= 4 is 43.9 Å². The predicted molar refractivity (Wildman–Crippen MR) is 90.1 cm³/mol. The quantitative estimate of drug-likeness (QED) is 0.506. The van der Waals surface area contributed by atoms with Crippen LogP contribution in [-0.2, 0) is 10.0 Å². The van der Waals surface area contributed by atoms with Gasteiger partial charge in [-0.3, -0.25) is 14.8 Å². The molecule has 120 valence electrons. The summed E-state index contributed by atoms with van der Waals surface area (Å²) in [6, 6.07) is 12.0. The van der Waals surface area contributed by atoms with Crippen LogP contribution in [0.5, 0.6) is 0 Å². The third-order valence-electron chi connectivity index (χ3n) is 2.71. The summed E-state index contributed by atoms with van der Waals surface area (Å²) >= 11 is 6.09. The van der Waals surface area contributed by atoms with Gasteiger partial charge in [-0.05, 0) is 36.4 Å². The van der Waals surface area contributed by atoms with Crippen molar-refractivity contribution in [2.45, 2.75) is 0 Å². The van der Waals surface area contributed by atoms with Gasteiger partial charge < -0.3 is 0 Å². The van der Waals surface area contributed by atoms with E-state index in [0.29, 0.717) is 16.9 Å². The molecule has 0 aliphatic rings. The molecular formula is C14H12ClN3O4S. The molecule has 0 amide bonds. The average Bonchev–Trinajstić information content (AvgIpc) is 2.48. The van der Waals surface area contributed by atoms with E-state index in [-0.39, 0.29) is 10.9 Å². The number of benzene rings is 2. The van der Waals surface area contributed by atoms with Crippen molar-refractivity contribution in [3.63, 3.8) is 0 Å². The average molecular weight is 354 g/mol. The first-order chi connectivity index (χ1) is 10.7. The maximum absolute atomic E-state index is 11.1.